The van der Waals surface area contributed by atoms with Crippen molar-refractivity contribution in [1.29, 1.82) is 0 Å². The minimum absolute atomic E-state index is 0. The van der Waals surface area contributed by atoms with E-state index in [-0.39, 0.29) is 58.2 Å². The molecule has 0 bridgehead atoms. The van der Waals surface area contributed by atoms with Crippen LogP contribution in [0.2, 0.25) is 0 Å². The molecule has 0 saturated carbocycles. The molecule has 49 valence electrons. The van der Waals surface area contributed by atoms with E-state index >= 15 is 0 Å². The van der Waals surface area contributed by atoms with E-state index in [1.165, 1.54) is 10.8 Å². The third-order valence-electron chi connectivity index (χ3n) is 1.66. The van der Waals surface area contributed by atoms with Crippen molar-refractivity contribution in [2.75, 3.05) is 0 Å². The maximum atomic E-state index is 2.12. The summed E-state index contributed by atoms with van der Waals surface area (Å²) in [7, 11) is 0. The van der Waals surface area contributed by atoms with E-state index in [1.54, 1.807) is 0 Å². The van der Waals surface area contributed by atoms with Crippen LogP contribution in [-0.2, 0) is 0 Å². The van der Waals surface area contributed by atoms with Gasteiger partial charge in [-0.3, -0.25) is 0 Å². The van der Waals surface area contributed by atoms with Gasteiger partial charge in [0.05, 0.1) is 0 Å². The molecule has 2 rings (SSSR count). The van der Waals surface area contributed by atoms with E-state index in [2.05, 4.69) is 48.5 Å². The molecule has 0 aliphatic carbocycles. The molecule has 2 aromatic rings. The molecule has 0 aliphatic rings. The zero-order valence-corrected chi connectivity index (χ0v) is 11.5. The number of rotatable bonds is 0. The maximum absolute atomic E-state index is 2.12. The van der Waals surface area contributed by atoms with Crippen molar-refractivity contribution in [3.05, 3.63) is 48.5 Å². The predicted octanol–water partition coefficient (Wildman–Crippen LogP) is 2.46. The first-order valence-electron chi connectivity index (χ1n) is 3.40. The van der Waals surface area contributed by atoms with Gasteiger partial charge in [-0.05, 0) is 10.8 Å². The van der Waals surface area contributed by atoms with Gasteiger partial charge in [0.15, 0.2) is 0 Å². The Bertz CT molecular complexity index is 276. The van der Waals surface area contributed by atoms with Crippen LogP contribution in [0.5, 0.6) is 0 Å². The second-order valence-corrected chi connectivity index (χ2v) is 2.35. The van der Waals surface area contributed by atoms with Crippen LogP contribution in [0.15, 0.2) is 48.5 Å². The second-order valence-electron chi connectivity index (χ2n) is 2.35. The predicted molar refractivity (Wildman–Crippen MR) is 49.7 cm³/mol. The number of hydrogen-bond acceptors (Lipinski definition) is 0. The van der Waals surface area contributed by atoms with Gasteiger partial charge in [0, 0.05) is 58.2 Å². The Kier molecular flexibility index (Phi) is 3.93. The van der Waals surface area contributed by atoms with Crippen molar-refractivity contribution in [2.45, 2.75) is 0 Å². The monoisotopic (exact) mass is 213 g/mol. The Labute approximate surface area is 115 Å². The van der Waals surface area contributed by atoms with Crippen LogP contribution in [0.1, 0.15) is 0 Å². The SMILES string of the molecule is [Rb].c1ccc2ccccc2c1. The molecule has 1 heteroatoms. The van der Waals surface area contributed by atoms with Gasteiger partial charge in [-0.2, -0.15) is 0 Å². The van der Waals surface area contributed by atoms with Crippen LogP contribution in [0.25, 0.3) is 10.8 Å². The zero-order chi connectivity index (χ0) is 6.81. The van der Waals surface area contributed by atoms with Crippen LogP contribution in [0.3, 0.4) is 0 Å². The first-order valence-corrected chi connectivity index (χ1v) is 3.40. The van der Waals surface area contributed by atoms with Crippen molar-refractivity contribution in [3.63, 3.8) is 0 Å². The molecule has 0 spiro atoms. The van der Waals surface area contributed by atoms with E-state index in [4.69, 9.17) is 0 Å². The Hall–Kier alpha value is 0.505. The van der Waals surface area contributed by atoms with Gasteiger partial charge >= 0.3 is 0 Å². The average molecular weight is 214 g/mol. The van der Waals surface area contributed by atoms with Crippen LogP contribution in [0, 0.1) is 0 Å². The molecule has 1 radical (unpaired) electrons. The molecule has 0 amide bonds. The molecular weight excluding hydrogens is 206 g/mol. The van der Waals surface area contributed by atoms with Crippen molar-refractivity contribution in [3.8, 4) is 0 Å². The Balaban J connectivity index is 0.000000605. The smallest absolute Gasteiger partial charge is 0 e. The van der Waals surface area contributed by atoms with Crippen molar-refractivity contribution >= 4 is 69.0 Å². The van der Waals surface area contributed by atoms with Gasteiger partial charge in [-0.25, -0.2) is 0 Å². The average Bonchev–Trinajstić information content (AvgIpc) is 2.05. The molecule has 0 N–H and O–H groups in total. The van der Waals surface area contributed by atoms with Crippen LogP contribution in [-0.4, -0.2) is 58.2 Å². The molecule has 11 heavy (non-hydrogen) atoms. The Morgan fingerprint density at radius 1 is 0.545 bits per heavy atom. The summed E-state index contributed by atoms with van der Waals surface area (Å²) in [5.74, 6) is 0. The third-order valence-corrected chi connectivity index (χ3v) is 1.66. The largest absolute Gasteiger partial charge is 0.0616 e. The van der Waals surface area contributed by atoms with E-state index in [0.29, 0.717) is 0 Å². The zero-order valence-electron chi connectivity index (χ0n) is 6.62. The topological polar surface area (TPSA) is 0 Å². The first-order chi connectivity index (χ1) is 4.97. The Morgan fingerprint density at radius 2 is 0.818 bits per heavy atom. The van der Waals surface area contributed by atoms with Crippen LogP contribution >= 0.6 is 0 Å². The maximum Gasteiger partial charge on any atom is 0 e. The van der Waals surface area contributed by atoms with Crippen molar-refractivity contribution in [2.24, 2.45) is 0 Å². The summed E-state index contributed by atoms with van der Waals surface area (Å²) in [5, 5.41) is 2.62. The van der Waals surface area contributed by atoms with E-state index < -0.39 is 0 Å². The fourth-order valence-electron chi connectivity index (χ4n) is 1.13. The molecule has 0 unspecified atom stereocenters. The van der Waals surface area contributed by atoms with Crippen molar-refractivity contribution in [1.82, 2.24) is 0 Å². The van der Waals surface area contributed by atoms with E-state index in [1.807, 2.05) is 0 Å². The summed E-state index contributed by atoms with van der Waals surface area (Å²) in [5.41, 5.74) is 0. The fraction of sp³-hybridized carbons (Fsp3) is 0. The molecule has 0 fully saturated rings. The van der Waals surface area contributed by atoms with E-state index in [0.717, 1.165) is 0 Å². The fourth-order valence-corrected chi connectivity index (χ4v) is 1.13. The second kappa shape index (κ2) is 4.51. The summed E-state index contributed by atoms with van der Waals surface area (Å²) >= 11 is 0. The normalized spacial score (nSPS) is 9.09. The summed E-state index contributed by atoms with van der Waals surface area (Å²) < 4.78 is 0. The molecule has 0 aromatic heterocycles. The number of fused-ring (bicyclic) bond motifs is 1. The first kappa shape index (κ1) is 9.59. The van der Waals surface area contributed by atoms with Gasteiger partial charge in [0.1, 0.15) is 0 Å². The van der Waals surface area contributed by atoms with Gasteiger partial charge in [0.2, 0.25) is 0 Å². The van der Waals surface area contributed by atoms with E-state index in [9.17, 15) is 0 Å². The number of benzene rings is 2. The molecule has 0 aliphatic heterocycles. The molecule has 0 atom stereocenters. The van der Waals surface area contributed by atoms with Gasteiger partial charge in [-0.1, -0.05) is 48.5 Å². The number of hydrogen-bond donors (Lipinski definition) is 0. The Morgan fingerprint density at radius 3 is 1.09 bits per heavy atom. The van der Waals surface area contributed by atoms with Gasteiger partial charge < -0.3 is 0 Å². The van der Waals surface area contributed by atoms with Crippen LogP contribution < -0.4 is 0 Å². The summed E-state index contributed by atoms with van der Waals surface area (Å²) in [6, 6.07) is 16.7. The standard InChI is InChI=1S/C10H8.Rb/c1-2-6-10-8-4-3-7-9(10)5-1;/h1-8H;. The molecular formula is C10H8Rb. The molecule has 2 aromatic carbocycles. The molecule has 0 nitrogen and oxygen atoms in total. The quantitative estimate of drug-likeness (QED) is 0.631. The third kappa shape index (κ3) is 2.22. The summed E-state index contributed by atoms with van der Waals surface area (Å²) in [6.45, 7) is 0. The van der Waals surface area contributed by atoms with Gasteiger partial charge in [0.25, 0.3) is 0 Å². The summed E-state index contributed by atoms with van der Waals surface area (Å²) in [4.78, 5) is 0. The molecule has 0 saturated heterocycles. The van der Waals surface area contributed by atoms with Crippen LogP contribution in [0.4, 0.5) is 0 Å². The summed E-state index contributed by atoms with van der Waals surface area (Å²) in [6.07, 6.45) is 0. The minimum Gasteiger partial charge on any atom is -0.0616 e. The van der Waals surface area contributed by atoms with Crippen molar-refractivity contribution < 1.29 is 0 Å². The minimum atomic E-state index is 0. The van der Waals surface area contributed by atoms with Gasteiger partial charge in [-0.15, -0.1) is 0 Å². The molecule has 0 heterocycles.